The highest BCUT2D eigenvalue weighted by Gasteiger charge is 2.44. The molecule has 10 aromatic rings. The number of hydrogen-bond acceptors (Lipinski definition) is 16. The molecule has 6 aromatic carbocycles. The van der Waals surface area contributed by atoms with Gasteiger partial charge in [0.25, 0.3) is 0 Å². The number of aromatic nitrogens is 12. The Hall–Kier alpha value is -9.02. The van der Waals surface area contributed by atoms with E-state index in [4.69, 9.17) is 18.9 Å². The molecule has 3 aliphatic carbocycles. The van der Waals surface area contributed by atoms with Crippen LogP contribution < -0.4 is 18.9 Å². The van der Waals surface area contributed by atoms with Gasteiger partial charge < -0.3 is 18.9 Å². The molecule has 0 bridgehead atoms. The second kappa shape index (κ2) is 35.1. The summed E-state index contributed by atoms with van der Waals surface area (Å²) >= 11 is 0. The number of hydrogen-bond donors (Lipinski definition) is 0. The summed E-state index contributed by atoms with van der Waals surface area (Å²) in [5.74, 6) is 3.50. The molecule has 0 N–H and O–H groups in total. The lowest BCUT2D eigenvalue weighted by atomic mass is 9.79. The fraction of sp³-hybridized carbons (Fsp3) is 0.551. The minimum absolute atomic E-state index is 0.0120. The maximum Gasteiger partial charge on any atom is 0.175 e. The molecule has 0 saturated heterocycles. The second-order valence-electron chi connectivity index (χ2n) is 43.1. The van der Waals surface area contributed by atoms with Crippen molar-refractivity contribution in [2.24, 2.45) is 0 Å². The summed E-state index contributed by atoms with van der Waals surface area (Å²) in [5.41, 5.74) is 18.9. The Morgan fingerprint density at radius 3 is 0.850 bits per heavy atom. The van der Waals surface area contributed by atoms with Crippen molar-refractivity contribution in [1.29, 1.82) is 0 Å². The molecule has 13 rings (SSSR count). The first-order chi connectivity index (χ1) is 54.9. The SMILES string of the molecule is CC(C)(C)c1cc(C2(C)CC2)ccc1S(C)(=O)=O.CC(C)(C)c1ccc(S(C)(=O)=O)c(C(C)(C)C)c1.COc1c(-n2ccnn2)cc(C(C)(C)C)cc1C(C)(C)C.COc1c(-n2ccnn2)cc(C2(C)CC2)cc1C(C)(C)C.COc1c(-n2cncn2)cc(C(C)(C)C)cc1C(C)(C)C.COc1c(-n2cncn2)cc(C2(C)CC2)cc1C(C)(C)C. The van der Waals surface area contributed by atoms with Gasteiger partial charge in [0.15, 0.2) is 19.7 Å². The number of benzene rings is 6. The lowest BCUT2D eigenvalue weighted by molar-refractivity contribution is 0.393. The Morgan fingerprint density at radius 2 is 0.583 bits per heavy atom. The van der Waals surface area contributed by atoms with Gasteiger partial charge in [-0.1, -0.05) is 267 Å². The average Bonchev–Trinajstić information content (AvgIpc) is 1.56. The van der Waals surface area contributed by atoms with E-state index in [9.17, 15) is 16.8 Å². The zero-order valence-electron chi connectivity index (χ0n) is 79.4. The third kappa shape index (κ3) is 23.6. The van der Waals surface area contributed by atoms with E-state index in [0.717, 1.165) is 56.9 Å². The predicted molar refractivity (Wildman–Crippen MR) is 489 cm³/mol. The topological polar surface area (TPSA) is 228 Å². The first-order valence-corrected chi connectivity index (χ1v) is 45.7. The van der Waals surface area contributed by atoms with Crippen LogP contribution in [0.25, 0.3) is 22.7 Å². The first kappa shape index (κ1) is 96.4. The van der Waals surface area contributed by atoms with Crippen molar-refractivity contribution in [3.05, 3.63) is 202 Å². The van der Waals surface area contributed by atoms with Crippen molar-refractivity contribution in [1.82, 2.24) is 59.5 Å². The van der Waals surface area contributed by atoms with Crippen molar-refractivity contribution >= 4 is 19.7 Å². The van der Waals surface area contributed by atoms with Crippen molar-refractivity contribution < 1.29 is 35.8 Å². The molecule has 654 valence electrons. The molecule has 3 aliphatic rings. The molecule has 0 radical (unpaired) electrons. The monoisotopic (exact) mass is 1680 g/mol. The third-order valence-corrected chi connectivity index (χ3v) is 25.4. The predicted octanol–water partition coefficient (Wildman–Crippen LogP) is 22.1. The highest BCUT2D eigenvalue weighted by atomic mass is 32.2. The fourth-order valence-corrected chi connectivity index (χ4v) is 16.4. The summed E-state index contributed by atoms with van der Waals surface area (Å²) in [7, 11) is 0.534. The summed E-state index contributed by atoms with van der Waals surface area (Å²) in [6, 6.07) is 29.4. The van der Waals surface area contributed by atoms with Gasteiger partial charge in [0, 0.05) is 34.8 Å². The van der Waals surface area contributed by atoms with E-state index in [1.165, 1.54) is 107 Å². The molecule has 0 amide bonds. The van der Waals surface area contributed by atoms with Crippen LogP contribution in [0, 0.1) is 0 Å². The zero-order chi connectivity index (χ0) is 90.3. The molecule has 3 fully saturated rings. The van der Waals surface area contributed by atoms with E-state index >= 15 is 0 Å². The van der Waals surface area contributed by atoms with Crippen LogP contribution in [0.4, 0.5) is 0 Å². The van der Waals surface area contributed by atoms with Gasteiger partial charge in [-0.05, 0) is 184 Å². The maximum atomic E-state index is 11.9. The standard InChI is InChI=1S/2C17H23N3O.2C17H25N3O.C15H22O2S.C15H24O2S/c1-16(2,3)13-8-12(17(4)6-7-17)9-14(15(13)21-5)20-11-18-10-19-20;1-16(2,3)13-10-12(17(4)6-7-17)11-14(15(13)21-5)20-9-8-18-19-20;1-16(2,3)12-8-13(17(4,5)6)15(21-7)14(9-12)20-11-18-10-19-20;1-16(2,3)12-10-13(17(4,5)6)15(21-7)14(11-12)20-9-8-18-19-20;1-14(2,3)12-10-11(15(4)8-9-15)6-7-13(12)18(5,16)17;1-14(2,3)11-8-9-13(18(7,16)17)12(10-11)15(4,5)6/h2*8-11H,6-7H2,1-5H3;2*8-11H,1-7H3;6-7,10H,8-9H2,1-5H3;8-10H,1-7H3. The molecule has 4 aromatic heterocycles. The second-order valence-corrected chi connectivity index (χ2v) is 47.0. The van der Waals surface area contributed by atoms with Crippen LogP contribution in [0.5, 0.6) is 23.0 Å². The minimum atomic E-state index is -3.18. The van der Waals surface area contributed by atoms with Crippen molar-refractivity contribution in [2.45, 2.75) is 321 Å². The van der Waals surface area contributed by atoms with Gasteiger partial charge >= 0.3 is 0 Å². The van der Waals surface area contributed by atoms with E-state index < -0.39 is 19.7 Å². The molecule has 0 aliphatic heterocycles. The Kier molecular flexibility index (Phi) is 28.2. The normalized spacial score (nSPS) is 15.1. The fourth-order valence-electron chi connectivity index (χ4n) is 14.3. The molecule has 0 unspecified atom stereocenters. The number of nitrogens with zero attached hydrogens (tertiary/aromatic N) is 12. The van der Waals surface area contributed by atoms with E-state index in [1.54, 1.807) is 97.0 Å². The Morgan fingerprint density at radius 1 is 0.317 bits per heavy atom. The lowest BCUT2D eigenvalue weighted by Crippen LogP contribution is -2.19. The van der Waals surface area contributed by atoms with E-state index in [0.29, 0.717) is 20.6 Å². The smallest absolute Gasteiger partial charge is 0.175 e. The van der Waals surface area contributed by atoms with Crippen LogP contribution in [-0.2, 0) is 84.7 Å². The quantitative estimate of drug-likeness (QED) is 0.104. The summed E-state index contributed by atoms with van der Waals surface area (Å²) in [5, 5.41) is 24.7. The largest absolute Gasteiger partial charge is 0.494 e. The highest BCUT2D eigenvalue weighted by Crippen LogP contribution is 2.54. The molecule has 4 heterocycles. The summed E-state index contributed by atoms with van der Waals surface area (Å²) in [4.78, 5) is 9.05. The van der Waals surface area contributed by atoms with Gasteiger partial charge in [0.05, 0.1) is 63.0 Å². The molecule has 22 heteroatoms. The Balaban J connectivity index is 0.000000179. The van der Waals surface area contributed by atoms with Gasteiger partial charge in [-0.15, -0.1) is 10.2 Å². The van der Waals surface area contributed by atoms with Crippen LogP contribution in [0.3, 0.4) is 0 Å². The summed E-state index contributed by atoms with van der Waals surface area (Å²) < 4.78 is 77.5. The number of rotatable bonds is 13. The lowest BCUT2D eigenvalue weighted by Gasteiger charge is -2.28. The Bertz CT molecular complexity index is 4860. The third-order valence-electron chi connectivity index (χ3n) is 23.1. The van der Waals surface area contributed by atoms with Crippen LogP contribution in [0.15, 0.2) is 145 Å². The number of ether oxygens (including phenoxy) is 4. The molecule has 0 spiro atoms. The number of sulfone groups is 2. The Labute approximate surface area is 720 Å². The zero-order valence-corrected chi connectivity index (χ0v) is 81.0. The van der Waals surface area contributed by atoms with Crippen molar-refractivity contribution in [3.63, 3.8) is 0 Å². The molecule has 0 atom stereocenters. The molecule has 20 nitrogen and oxygen atoms in total. The van der Waals surface area contributed by atoms with E-state index in [1.807, 2.05) is 51.4 Å². The van der Waals surface area contributed by atoms with Crippen molar-refractivity contribution in [3.8, 4) is 45.7 Å². The molecular formula is C98H142N12O8S2. The average molecular weight is 1680 g/mol. The minimum Gasteiger partial charge on any atom is -0.494 e. The highest BCUT2D eigenvalue weighted by molar-refractivity contribution is 7.91. The maximum absolute atomic E-state index is 11.9. The van der Waals surface area contributed by atoms with Gasteiger partial charge in [0.2, 0.25) is 0 Å². The summed E-state index contributed by atoms with van der Waals surface area (Å²) in [6.45, 7) is 65.4. The van der Waals surface area contributed by atoms with E-state index in [2.05, 4.69) is 282 Å². The van der Waals surface area contributed by atoms with Crippen LogP contribution in [0.1, 0.15) is 313 Å². The van der Waals surface area contributed by atoms with Crippen molar-refractivity contribution in [2.75, 3.05) is 41.0 Å². The number of methoxy groups -OCH3 is 4. The van der Waals surface area contributed by atoms with Gasteiger partial charge in [-0.25, -0.2) is 45.5 Å². The molecular weight excluding hydrogens is 1540 g/mol. The van der Waals surface area contributed by atoms with Crippen LogP contribution >= 0.6 is 0 Å². The van der Waals surface area contributed by atoms with Gasteiger partial charge in [-0.3, -0.25) is 0 Å². The first-order valence-electron chi connectivity index (χ1n) is 41.9. The van der Waals surface area contributed by atoms with Gasteiger partial charge in [-0.2, -0.15) is 10.2 Å². The summed E-state index contributed by atoms with van der Waals surface area (Å²) in [6.07, 6.45) is 23.6. The molecule has 3 saturated carbocycles. The van der Waals surface area contributed by atoms with Crippen LogP contribution in [0.2, 0.25) is 0 Å². The molecule has 120 heavy (non-hydrogen) atoms. The van der Waals surface area contributed by atoms with Gasteiger partial charge in [0.1, 0.15) is 71.1 Å². The van der Waals surface area contributed by atoms with E-state index in [-0.39, 0.29) is 54.1 Å². The van der Waals surface area contributed by atoms with Crippen LogP contribution in [-0.4, -0.2) is 117 Å².